The largest absolute Gasteiger partial charge is 0.456 e. The molecule has 4 N–H and O–H groups in total. The Labute approximate surface area is 355 Å². The fourth-order valence-electron chi connectivity index (χ4n) is 9.75. The van der Waals surface area contributed by atoms with Crippen molar-refractivity contribution in [2.45, 2.75) is 167 Å². The number of carbonyl (C=O) groups is 5. The first-order valence-electron chi connectivity index (χ1n) is 22.0. The van der Waals surface area contributed by atoms with E-state index >= 15 is 4.39 Å². The van der Waals surface area contributed by atoms with Gasteiger partial charge >= 0.3 is 5.97 Å². The Kier molecular flexibility index (Phi) is 18.4. The van der Waals surface area contributed by atoms with E-state index in [0.717, 1.165) is 12.0 Å². The number of cyclic esters (lactones) is 1. The van der Waals surface area contributed by atoms with E-state index in [0.29, 0.717) is 44.1 Å². The monoisotopic (exact) mass is 850 g/mol. The highest BCUT2D eigenvalue weighted by molar-refractivity contribution is 6.39. The van der Waals surface area contributed by atoms with Gasteiger partial charge in [0.05, 0.1) is 30.9 Å². The van der Waals surface area contributed by atoms with Crippen LogP contribution in [0.15, 0.2) is 23.3 Å². The number of piperidine rings is 1. The number of carbonyl (C=O) groups excluding carboxylic acids is 5. The molecule has 1 aliphatic carbocycles. The summed E-state index contributed by atoms with van der Waals surface area (Å²) in [5.41, 5.74) is 6.71. The molecular weight excluding hydrogens is 778 g/mol. The number of nitrogens with one attached hydrogen (secondary N) is 1. The second-order valence-corrected chi connectivity index (χ2v) is 17.8. The molecule has 0 aromatic heterocycles. The smallest absolute Gasteiger partial charge is 0.329 e. The SMILES string of the molecule is CCC1/C=C(\C)C(F)C(C)CC(OC)C2OC(O)(C(=O)C(=O)N3CCCCC3C(=O)OC(C(C)=CC3CCC(NC(=O)CN)C(OC)C3)C(C)CCC1=O)C(C)CC2OC. The van der Waals surface area contributed by atoms with Crippen LogP contribution < -0.4 is 11.1 Å². The van der Waals surface area contributed by atoms with Crippen LogP contribution in [0, 0.1) is 29.6 Å². The number of alkyl halides is 1. The summed E-state index contributed by atoms with van der Waals surface area (Å²) in [5.74, 6) is -8.19. The first-order chi connectivity index (χ1) is 28.4. The van der Waals surface area contributed by atoms with Crippen LogP contribution in [0.3, 0.4) is 0 Å². The average Bonchev–Trinajstić information content (AvgIpc) is 3.25. The quantitative estimate of drug-likeness (QED) is 0.176. The number of allylic oxidation sites excluding steroid dienone is 3. The van der Waals surface area contributed by atoms with Crippen molar-refractivity contribution in [3.63, 3.8) is 0 Å². The van der Waals surface area contributed by atoms with E-state index in [9.17, 15) is 29.1 Å². The molecule has 15 heteroatoms. The molecule has 2 amide bonds. The van der Waals surface area contributed by atoms with Crippen LogP contribution in [0.4, 0.5) is 4.39 Å². The molecule has 1 saturated carbocycles. The normalized spacial score (nSPS) is 39.5. The lowest BCUT2D eigenvalue weighted by Crippen LogP contribution is -2.64. The summed E-state index contributed by atoms with van der Waals surface area (Å²) in [6.45, 7) is 10.6. The lowest BCUT2D eigenvalue weighted by atomic mass is 9.81. The minimum absolute atomic E-state index is 0.0233. The predicted molar refractivity (Wildman–Crippen MR) is 222 cm³/mol. The van der Waals surface area contributed by atoms with Crippen molar-refractivity contribution in [2.75, 3.05) is 34.4 Å². The number of nitrogens with zero attached hydrogens (tertiary/aromatic N) is 1. The molecule has 0 radical (unpaired) electrons. The van der Waals surface area contributed by atoms with Crippen molar-refractivity contribution >= 4 is 29.4 Å². The van der Waals surface area contributed by atoms with Gasteiger partial charge in [-0.25, -0.2) is 9.18 Å². The second kappa shape index (κ2) is 22.3. The maximum Gasteiger partial charge on any atom is 0.329 e. The molecule has 14 atom stereocenters. The number of ether oxygens (including phenoxy) is 5. The number of halogens is 1. The van der Waals surface area contributed by atoms with Crippen molar-refractivity contribution in [2.24, 2.45) is 35.3 Å². The molecule has 3 heterocycles. The van der Waals surface area contributed by atoms with E-state index in [-0.39, 0.29) is 74.4 Å². The van der Waals surface area contributed by atoms with Gasteiger partial charge in [0, 0.05) is 46.1 Å². The van der Waals surface area contributed by atoms with E-state index < -0.39 is 77.8 Å². The van der Waals surface area contributed by atoms with Crippen molar-refractivity contribution in [3.8, 4) is 0 Å². The number of esters is 1. The zero-order valence-corrected chi connectivity index (χ0v) is 37.3. The molecular formula is C45H72FN3O11. The van der Waals surface area contributed by atoms with Gasteiger partial charge in [-0.3, -0.25) is 19.2 Å². The number of Topliss-reactive ketones (excluding diaryl/α,β-unsaturated/α-hetero) is 2. The van der Waals surface area contributed by atoms with E-state index in [4.69, 9.17) is 29.4 Å². The molecule has 3 aliphatic heterocycles. The summed E-state index contributed by atoms with van der Waals surface area (Å²) in [6, 6.07) is -1.30. The molecule has 0 spiro atoms. The summed E-state index contributed by atoms with van der Waals surface area (Å²) in [6.07, 6.45) is 3.35. The molecule has 4 aliphatic rings. The Morgan fingerprint density at radius 3 is 2.28 bits per heavy atom. The summed E-state index contributed by atoms with van der Waals surface area (Å²) < 4.78 is 46.1. The van der Waals surface area contributed by atoms with Crippen LogP contribution in [-0.4, -0.2) is 128 Å². The highest BCUT2D eigenvalue weighted by Gasteiger charge is 2.56. The van der Waals surface area contributed by atoms with Crippen LogP contribution in [0.1, 0.15) is 112 Å². The van der Waals surface area contributed by atoms with Gasteiger partial charge in [0.15, 0.2) is 0 Å². The van der Waals surface area contributed by atoms with Crippen LogP contribution in [0.2, 0.25) is 0 Å². The van der Waals surface area contributed by atoms with Gasteiger partial charge < -0.3 is 44.7 Å². The minimum Gasteiger partial charge on any atom is -0.456 e. The maximum absolute atomic E-state index is 16.2. The molecule has 2 saturated heterocycles. The molecule has 14 nitrogen and oxygen atoms in total. The van der Waals surface area contributed by atoms with Crippen LogP contribution >= 0.6 is 0 Å². The van der Waals surface area contributed by atoms with E-state index in [1.807, 2.05) is 20.8 Å². The van der Waals surface area contributed by atoms with Crippen molar-refractivity contribution in [1.82, 2.24) is 10.2 Å². The molecule has 4 rings (SSSR count). The number of aliphatic hydroxyl groups is 1. The number of fused-ring (bicyclic) bond motifs is 3. The fraction of sp³-hybridized carbons (Fsp3) is 0.800. The van der Waals surface area contributed by atoms with Gasteiger partial charge in [0.1, 0.15) is 30.2 Å². The zero-order valence-electron chi connectivity index (χ0n) is 37.3. The third kappa shape index (κ3) is 11.7. The highest BCUT2D eigenvalue weighted by Crippen LogP contribution is 2.39. The Morgan fingerprint density at radius 2 is 1.65 bits per heavy atom. The molecule has 0 aromatic carbocycles. The predicted octanol–water partition coefficient (Wildman–Crippen LogP) is 4.53. The van der Waals surface area contributed by atoms with Gasteiger partial charge in [-0.1, -0.05) is 39.8 Å². The molecule has 14 unspecified atom stereocenters. The van der Waals surface area contributed by atoms with Crippen LogP contribution in [-0.2, 0) is 47.7 Å². The Hall–Kier alpha value is -3.08. The molecule has 3 fully saturated rings. The van der Waals surface area contributed by atoms with Crippen molar-refractivity contribution in [3.05, 3.63) is 23.3 Å². The van der Waals surface area contributed by atoms with Gasteiger partial charge in [0.2, 0.25) is 11.7 Å². The average molecular weight is 850 g/mol. The molecule has 60 heavy (non-hydrogen) atoms. The number of hydrogen-bond donors (Lipinski definition) is 3. The third-order valence-electron chi connectivity index (χ3n) is 13.5. The highest BCUT2D eigenvalue weighted by atomic mass is 19.1. The topological polar surface area (TPSA) is 193 Å². The second-order valence-electron chi connectivity index (χ2n) is 17.8. The zero-order chi connectivity index (χ0) is 44.5. The maximum atomic E-state index is 16.2. The van der Waals surface area contributed by atoms with Gasteiger partial charge in [-0.05, 0) is 107 Å². The Bertz CT molecular complexity index is 1570. The number of methoxy groups -OCH3 is 3. The van der Waals surface area contributed by atoms with Crippen molar-refractivity contribution < 1.29 is 57.2 Å². The molecule has 0 aromatic rings. The van der Waals surface area contributed by atoms with Gasteiger partial charge in [-0.2, -0.15) is 0 Å². The number of ketones is 2. The Morgan fingerprint density at radius 1 is 0.983 bits per heavy atom. The standard InChI is InChI=1S/C45H72FN3O11/c1-10-31-20-26(3)39(46)27(4)21-36(57-8)41-37(58-9)22-29(6)45(55,60-41)42(52)43(53)49-18-12-11-13-33(49)44(54)59-40(25(2)14-17-34(31)50)28(5)19-30-15-16-32(35(23-30)56-7)48-38(51)24-47/h19-20,25,27,29-33,35-37,39-41,55H,10-18,21-24,47H2,1-9H3,(H,48,51)/b26-20+,28-19?. The van der Waals surface area contributed by atoms with Gasteiger partial charge in [0.25, 0.3) is 11.7 Å². The molecule has 2 bridgehead atoms. The third-order valence-corrected chi connectivity index (χ3v) is 13.5. The van der Waals surface area contributed by atoms with E-state index in [2.05, 4.69) is 11.4 Å². The summed E-state index contributed by atoms with van der Waals surface area (Å²) in [5, 5.41) is 15.0. The molecule has 340 valence electrons. The van der Waals surface area contributed by atoms with Crippen LogP contribution in [0.5, 0.6) is 0 Å². The van der Waals surface area contributed by atoms with Crippen LogP contribution in [0.25, 0.3) is 0 Å². The first-order valence-corrected chi connectivity index (χ1v) is 22.0. The van der Waals surface area contributed by atoms with E-state index in [1.165, 1.54) is 19.1 Å². The fourth-order valence-corrected chi connectivity index (χ4v) is 9.75. The summed E-state index contributed by atoms with van der Waals surface area (Å²) >= 11 is 0. The Balaban J connectivity index is 1.74. The van der Waals surface area contributed by atoms with E-state index in [1.54, 1.807) is 34.0 Å². The first kappa shape index (κ1) is 49.6. The number of hydrogen-bond acceptors (Lipinski definition) is 12. The minimum atomic E-state index is -2.58. The lowest BCUT2D eigenvalue weighted by molar-refractivity contribution is -0.302. The van der Waals surface area contributed by atoms with Gasteiger partial charge in [-0.15, -0.1) is 0 Å². The van der Waals surface area contributed by atoms with Crippen molar-refractivity contribution in [1.29, 1.82) is 0 Å². The number of amides is 2. The number of rotatable bonds is 8. The number of nitrogens with two attached hydrogens (primary N) is 1. The summed E-state index contributed by atoms with van der Waals surface area (Å²) in [4.78, 5) is 69.9. The summed E-state index contributed by atoms with van der Waals surface area (Å²) in [7, 11) is 4.51. The lowest BCUT2D eigenvalue weighted by Gasteiger charge is -2.47.